The third-order valence-corrected chi connectivity index (χ3v) is 7.10. The molecule has 2 N–H and O–H groups in total. The molecule has 0 unspecified atom stereocenters. The Labute approximate surface area is 192 Å². The molecule has 178 valence electrons. The average Bonchev–Trinajstić information content (AvgIpc) is 2.81. The summed E-state index contributed by atoms with van der Waals surface area (Å²) in [7, 11) is 0. The maximum atomic E-state index is 4.51. The molecular weight excluding hydrogens is 384 g/mol. The third-order valence-electron chi connectivity index (χ3n) is 7.10. The van der Waals surface area contributed by atoms with E-state index >= 15 is 0 Å². The molecule has 1 saturated heterocycles. The van der Waals surface area contributed by atoms with E-state index in [1.165, 1.54) is 75.3 Å². The lowest BCUT2D eigenvalue weighted by atomic mass is 10.2. The van der Waals surface area contributed by atoms with Gasteiger partial charge < -0.3 is 20.0 Å². The number of aromatic nitrogens is 1. The van der Waals surface area contributed by atoms with E-state index in [1.54, 1.807) is 0 Å². The lowest BCUT2D eigenvalue weighted by Crippen LogP contribution is -2.49. The first-order valence-corrected chi connectivity index (χ1v) is 12.8. The second kappa shape index (κ2) is 15.7. The molecule has 1 aromatic rings. The van der Waals surface area contributed by atoms with Crippen molar-refractivity contribution in [3.63, 3.8) is 0 Å². The Kier molecular flexibility index (Phi) is 13.3. The van der Waals surface area contributed by atoms with E-state index in [-0.39, 0.29) is 0 Å². The number of hydrogen-bond acceptors (Lipinski definition) is 5. The smallest absolute Gasteiger partial charge is 0.0798 e. The van der Waals surface area contributed by atoms with Crippen LogP contribution in [0.5, 0.6) is 0 Å². The van der Waals surface area contributed by atoms with Gasteiger partial charge in [-0.15, -0.1) is 0 Å². The lowest BCUT2D eigenvalue weighted by Gasteiger charge is -2.36. The first-order chi connectivity index (χ1) is 15.2. The largest absolute Gasteiger partial charge is 0.324 e. The second-order valence-corrected chi connectivity index (χ2v) is 9.01. The zero-order valence-electron chi connectivity index (χ0n) is 20.6. The summed E-state index contributed by atoms with van der Waals surface area (Å²) in [6.07, 6.45) is 5.63. The van der Waals surface area contributed by atoms with Crippen molar-refractivity contribution in [2.75, 3.05) is 85.1 Å². The fourth-order valence-electron chi connectivity index (χ4n) is 4.68. The van der Waals surface area contributed by atoms with Crippen molar-refractivity contribution in [1.82, 2.24) is 25.4 Å². The molecule has 1 fully saturated rings. The number of pyridine rings is 1. The van der Waals surface area contributed by atoms with Crippen molar-refractivity contribution in [1.29, 1.82) is 0 Å². The van der Waals surface area contributed by atoms with Crippen molar-refractivity contribution in [3.8, 4) is 0 Å². The van der Waals surface area contributed by atoms with Crippen LogP contribution in [0.2, 0.25) is 0 Å². The molecule has 0 amide bonds. The topological polar surface area (TPSA) is 43.4 Å². The Morgan fingerprint density at radius 1 is 0.839 bits per heavy atom. The Hall–Kier alpha value is -1.05. The summed E-state index contributed by atoms with van der Waals surface area (Å²) in [4.78, 5) is 9.73. The summed E-state index contributed by atoms with van der Waals surface area (Å²) >= 11 is 0. The maximum absolute atomic E-state index is 4.51. The molecule has 0 spiro atoms. The number of hydrogen-bond donors (Lipinski definition) is 2. The molecule has 0 aliphatic carbocycles. The minimum atomic E-state index is 0.948. The minimum absolute atomic E-state index is 0.948. The van der Waals surface area contributed by atoms with Gasteiger partial charge in [-0.25, -0.2) is 0 Å². The summed E-state index contributed by atoms with van der Waals surface area (Å²) in [6, 6.07) is 6.22. The lowest BCUT2D eigenvalue weighted by molar-refractivity contribution is -0.923. The monoisotopic (exact) mass is 433 g/mol. The molecule has 0 aromatic carbocycles. The first-order valence-electron chi connectivity index (χ1n) is 12.8. The van der Waals surface area contributed by atoms with Crippen LogP contribution in [-0.4, -0.2) is 104 Å². The molecule has 0 saturated carbocycles. The molecule has 6 heteroatoms. The van der Waals surface area contributed by atoms with Crippen LogP contribution in [0.25, 0.3) is 0 Å². The highest BCUT2D eigenvalue weighted by Crippen LogP contribution is 2.08. The van der Waals surface area contributed by atoms with Crippen LogP contribution < -0.4 is 10.6 Å². The van der Waals surface area contributed by atoms with Gasteiger partial charge in [0, 0.05) is 51.9 Å². The minimum Gasteiger partial charge on any atom is -0.324 e. The van der Waals surface area contributed by atoms with Crippen molar-refractivity contribution >= 4 is 0 Å². The molecule has 31 heavy (non-hydrogen) atoms. The Balaban J connectivity index is 1.75. The number of rotatable bonds is 9. The maximum Gasteiger partial charge on any atom is 0.0798 e. The molecule has 2 heterocycles. The second-order valence-electron chi connectivity index (χ2n) is 9.01. The first kappa shape index (κ1) is 26.2. The van der Waals surface area contributed by atoms with Gasteiger partial charge in [0.25, 0.3) is 0 Å². The van der Waals surface area contributed by atoms with Crippen LogP contribution in [0, 0.1) is 0 Å². The molecule has 1 aliphatic rings. The number of quaternary nitrogens is 1. The van der Waals surface area contributed by atoms with E-state index in [4.69, 9.17) is 0 Å². The highest BCUT2D eigenvalue weighted by Gasteiger charge is 2.20. The summed E-state index contributed by atoms with van der Waals surface area (Å²) in [5.41, 5.74) is 1.17. The van der Waals surface area contributed by atoms with Gasteiger partial charge in [0.05, 0.1) is 31.9 Å². The molecule has 1 aliphatic heterocycles. The van der Waals surface area contributed by atoms with Crippen LogP contribution in [0.4, 0.5) is 0 Å². The zero-order chi connectivity index (χ0) is 22.2. The predicted octanol–water partition coefficient (Wildman–Crippen LogP) is 2.43. The van der Waals surface area contributed by atoms with Gasteiger partial charge >= 0.3 is 0 Å². The predicted molar refractivity (Wildman–Crippen MR) is 132 cm³/mol. The Morgan fingerprint density at radius 3 is 2.10 bits per heavy atom. The highest BCUT2D eigenvalue weighted by molar-refractivity contribution is 5.03. The Bertz CT molecular complexity index is 524. The SMILES string of the molecule is CC[N+](CC)(CC)CCCN1CCCNCCN(Cc2ccccn2)CCCNCC1. The fraction of sp³-hybridized carbons (Fsp3) is 0.800. The molecule has 6 nitrogen and oxygen atoms in total. The van der Waals surface area contributed by atoms with E-state index in [1.807, 2.05) is 12.3 Å². The molecule has 1 aromatic heterocycles. The molecule has 2 rings (SSSR count). The van der Waals surface area contributed by atoms with Crippen molar-refractivity contribution in [2.45, 2.75) is 46.6 Å². The van der Waals surface area contributed by atoms with Gasteiger partial charge in [0.1, 0.15) is 0 Å². The van der Waals surface area contributed by atoms with E-state index in [2.05, 4.69) is 58.3 Å². The molecule has 0 radical (unpaired) electrons. The van der Waals surface area contributed by atoms with Crippen molar-refractivity contribution in [3.05, 3.63) is 30.1 Å². The summed E-state index contributed by atoms with van der Waals surface area (Å²) < 4.78 is 1.27. The average molecular weight is 434 g/mol. The van der Waals surface area contributed by atoms with Gasteiger partial charge in [-0.05, 0) is 71.9 Å². The van der Waals surface area contributed by atoms with Gasteiger partial charge in [-0.2, -0.15) is 0 Å². The standard InChI is InChI=1S/C25H49N6/c1-4-31(5-2,6-3)23-11-20-29-18-9-13-27-17-22-30(19-10-14-26-16-21-29)24-25-12-7-8-15-28-25/h7-8,12,15,26-27H,4-6,9-11,13-14,16-24H2,1-3H3/q+1. The summed E-state index contributed by atoms with van der Waals surface area (Å²) in [5.74, 6) is 0. The van der Waals surface area contributed by atoms with Gasteiger partial charge in [-0.3, -0.25) is 9.88 Å². The Morgan fingerprint density at radius 2 is 1.48 bits per heavy atom. The molecule has 0 bridgehead atoms. The number of nitrogens with one attached hydrogen (secondary N) is 2. The van der Waals surface area contributed by atoms with E-state index in [9.17, 15) is 0 Å². The molecular formula is C25H49N6+. The zero-order valence-corrected chi connectivity index (χ0v) is 20.6. The van der Waals surface area contributed by atoms with E-state index in [0.717, 1.165) is 45.8 Å². The highest BCUT2D eigenvalue weighted by atomic mass is 15.3. The van der Waals surface area contributed by atoms with Crippen LogP contribution in [0.3, 0.4) is 0 Å². The number of nitrogens with zero attached hydrogens (tertiary/aromatic N) is 4. The van der Waals surface area contributed by atoms with Crippen molar-refractivity contribution in [2.24, 2.45) is 0 Å². The van der Waals surface area contributed by atoms with Gasteiger partial charge in [-0.1, -0.05) is 6.07 Å². The van der Waals surface area contributed by atoms with E-state index in [0.29, 0.717) is 0 Å². The van der Waals surface area contributed by atoms with E-state index < -0.39 is 0 Å². The van der Waals surface area contributed by atoms with Crippen LogP contribution in [0.1, 0.15) is 45.7 Å². The normalized spacial score (nSPS) is 19.2. The summed E-state index contributed by atoms with van der Waals surface area (Å²) in [6.45, 7) is 23.3. The fourth-order valence-corrected chi connectivity index (χ4v) is 4.68. The van der Waals surface area contributed by atoms with Crippen molar-refractivity contribution < 1.29 is 4.48 Å². The third kappa shape index (κ3) is 10.4. The van der Waals surface area contributed by atoms with Gasteiger partial charge in [0.15, 0.2) is 0 Å². The quantitative estimate of drug-likeness (QED) is 0.586. The molecule has 0 atom stereocenters. The van der Waals surface area contributed by atoms with Crippen LogP contribution >= 0.6 is 0 Å². The van der Waals surface area contributed by atoms with Crippen LogP contribution in [0.15, 0.2) is 24.4 Å². The summed E-state index contributed by atoms with van der Waals surface area (Å²) in [5, 5.41) is 7.37. The van der Waals surface area contributed by atoms with Gasteiger partial charge in [0.2, 0.25) is 0 Å². The van der Waals surface area contributed by atoms with Crippen LogP contribution in [-0.2, 0) is 6.54 Å².